The SMILES string of the molecule is NC(=O)c1ccc([N+](=O)[O-])c(Oc2ccc(N)cc2)c1. The maximum Gasteiger partial charge on any atom is 0.311 e. The van der Waals surface area contributed by atoms with Crippen LogP contribution in [0.3, 0.4) is 0 Å². The molecule has 0 saturated carbocycles. The number of primary amides is 1. The Balaban J connectivity index is 2.41. The van der Waals surface area contributed by atoms with Crippen molar-refractivity contribution < 1.29 is 14.5 Å². The van der Waals surface area contributed by atoms with Crippen molar-refractivity contribution >= 4 is 17.3 Å². The third-order valence-electron chi connectivity index (χ3n) is 2.55. The minimum Gasteiger partial charge on any atom is -0.450 e. The summed E-state index contributed by atoms with van der Waals surface area (Å²) < 4.78 is 5.41. The van der Waals surface area contributed by atoms with Gasteiger partial charge in [-0.15, -0.1) is 0 Å². The van der Waals surface area contributed by atoms with Crippen LogP contribution in [-0.2, 0) is 0 Å². The highest BCUT2D eigenvalue weighted by atomic mass is 16.6. The average Bonchev–Trinajstić information content (AvgIpc) is 2.41. The van der Waals surface area contributed by atoms with Crippen molar-refractivity contribution in [3.8, 4) is 11.5 Å². The number of hydrogen-bond acceptors (Lipinski definition) is 5. The number of nitro groups is 1. The van der Waals surface area contributed by atoms with E-state index in [1.165, 1.54) is 18.2 Å². The number of hydrogen-bond donors (Lipinski definition) is 2. The van der Waals surface area contributed by atoms with Gasteiger partial charge in [-0.2, -0.15) is 0 Å². The van der Waals surface area contributed by atoms with Crippen LogP contribution in [-0.4, -0.2) is 10.8 Å². The topological polar surface area (TPSA) is 121 Å². The molecule has 0 bridgehead atoms. The second-order valence-corrected chi connectivity index (χ2v) is 3.97. The fourth-order valence-electron chi connectivity index (χ4n) is 1.56. The second-order valence-electron chi connectivity index (χ2n) is 3.97. The van der Waals surface area contributed by atoms with Gasteiger partial charge in [-0.25, -0.2) is 0 Å². The van der Waals surface area contributed by atoms with Gasteiger partial charge in [0.25, 0.3) is 0 Å². The standard InChI is InChI=1S/C13H11N3O4/c14-9-2-4-10(5-3-9)20-12-7-8(13(15)17)1-6-11(12)16(18)19/h1-7H,14H2,(H2,15,17). The fourth-order valence-corrected chi connectivity index (χ4v) is 1.56. The molecule has 0 aromatic heterocycles. The Labute approximate surface area is 113 Å². The molecule has 0 aliphatic rings. The first-order valence-corrected chi connectivity index (χ1v) is 5.59. The van der Waals surface area contributed by atoms with Crippen molar-refractivity contribution in [1.82, 2.24) is 0 Å². The number of nitrogen functional groups attached to an aromatic ring is 1. The van der Waals surface area contributed by atoms with E-state index in [1.807, 2.05) is 0 Å². The highest BCUT2D eigenvalue weighted by Crippen LogP contribution is 2.32. The van der Waals surface area contributed by atoms with E-state index in [-0.39, 0.29) is 17.0 Å². The molecule has 0 aliphatic carbocycles. The number of nitrogens with two attached hydrogens (primary N) is 2. The summed E-state index contributed by atoms with van der Waals surface area (Å²) in [5.41, 5.74) is 11.1. The Morgan fingerprint density at radius 3 is 2.35 bits per heavy atom. The molecule has 0 heterocycles. The highest BCUT2D eigenvalue weighted by Gasteiger charge is 2.18. The first kappa shape index (κ1) is 13.3. The quantitative estimate of drug-likeness (QED) is 0.501. The number of nitrogens with zero attached hydrogens (tertiary/aromatic N) is 1. The van der Waals surface area contributed by atoms with Crippen LogP contribution < -0.4 is 16.2 Å². The van der Waals surface area contributed by atoms with Gasteiger partial charge in [0.2, 0.25) is 11.7 Å². The molecule has 7 heteroatoms. The second kappa shape index (κ2) is 5.27. The first-order valence-electron chi connectivity index (χ1n) is 5.59. The van der Waals surface area contributed by atoms with E-state index < -0.39 is 10.8 Å². The molecule has 4 N–H and O–H groups in total. The van der Waals surface area contributed by atoms with E-state index in [2.05, 4.69) is 0 Å². The number of carbonyl (C=O) groups excluding carboxylic acids is 1. The first-order chi connectivity index (χ1) is 9.47. The Kier molecular flexibility index (Phi) is 3.52. The van der Waals surface area contributed by atoms with Crippen molar-refractivity contribution in [3.63, 3.8) is 0 Å². The lowest BCUT2D eigenvalue weighted by atomic mass is 10.2. The molecule has 0 unspecified atom stereocenters. The van der Waals surface area contributed by atoms with Gasteiger partial charge in [0.15, 0.2) is 0 Å². The van der Waals surface area contributed by atoms with E-state index >= 15 is 0 Å². The summed E-state index contributed by atoms with van der Waals surface area (Å²) in [5, 5.41) is 10.9. The van der Waals surface area contributed by atoms with Crippen LogP contribution in [0.25, 0.3) is 0 Å². The number of nitro benzene ring substituents is 1. The van der Waals surface area contributed by atoms with Crippen LogP contribution in [0.15, 0.2) is 42.5 Å². The van der Waals surface area contributed by atoms with Gasteiger partial charge in [-0.3, -0.25) is 14.9 Å². The van der Waals surface area contributed by atoms with E-state index in [4.69, 9.17) is 16.2 Å². The number of rotatable bonds is 4. The minimum atomic E-state index is -0.693. The van der Waals surface area contributed by atoms with Crippen LogP contribution in [0.5, 0.6) is 11.5 Å². The molecule has 0 spiro atoms. The molecule has 0 saturated heterocycles. The largest absolute Gasteiger partial charge is 0.450 e. The predicted octanol–water partition coefficient (Wildman–Crippen LogP) is 2.07. The summed E-state index contributed by atoms with van der Waals surface area (Å²) in [4.78, 5) is 21.4. The van der Waals surface area contributed by atoms with Crippen molar-refractivity contribution in [3.05, 3.63) is 58.1 Å². The van der Waals surface area contributed by atoms with Gasteiger partial charge in [0.1, 0.15) is 5.75 Å². The minimum absolute atomic E-state index is 0.0592. The van der Waals surface area contributed by atoms with Crippen LogP contribution in [0.1, 0.15) is 10.4 Å². The highest BCUT2D eigenvalue weighted by molar-refractivity contribution is 5.93. The summed E-state index contributed by atoms with van der Waals surface area (Å²) in [6.45, 7) is 0. The molecule has 102 valence electrons. The van der Waals surface area contributed by atoms with Crippen LogP contribution in [0.2, 0.25) is 0 Å². The van der Waals surface area contributed by atoms with Crippen LogP contribution in [0.4, 0.5) is 11.4 Å². The monoisotopic (exact) mass is 273 g/mol. The Bertz CT molecular complexity index is 668. The lowest BCUT2D eigenvalue weighted by Gasteiger charge is -2.07. The zero-order valence-corrected chi connectivity index (χ0v) is 10.3. The Morgan fingerprint density at radius 1 is 1.15 bits per heavy atom. The molecule has 1 amide bonds. The number of anilines is 1. The van der Waals surface area contributed by atoms with Gasteiger partial charge in [-0.05, 0) is 30.3 Å². The van der Waals surface area contributed by atoms with Gasteiger partial charge in [0, 0.05) is 23.4 Å². The number of benzene rings is 2. The smallest absolute Gasteiger partial charge is 0.311 e. The summed E-state index contributed by atoms with van der Waals surface area (Å²) in [5.74, 6) is -0.387. The van der Waals surface area contributed by atoms with E-state index in [9.17, 15) is 14.9 Å². The molecule has 2 rings (SSSR count). The summed E-state index contributed by atoms with van der Waals surface area (Å²) >= 11 is 0. The van der Waals surface area contributed by atoms with Crippen molar-refractivity contribution in [2.45, 2.75) is 0 Å². The van der Waals surface area contributed by atoms with Crippen molar-refractivity contribution in [2.24, 2.45) is 5.73 Å². The summed E-state index contributed by atoms with van der Waals surface area (Å²) in [6, 6.07) is 10.0. The molecule has 2 aromatic carbocycles. The summed E-state index contributed by atoms with van der Waals surface area (Å²) in [6.07, 6.45) is 0. The van der Waals surface area contributed by atoms with Crippen LogP contribution >= 0.6 is 0 Å². The maximum atomic E-state index is 11.1. The molecular formula is C13H11N3O4. The molecular weight excluding hydrogens is 262 g/mol. The van der Waals surface area contributed by atoms with E-state index in [0.717, 1.165) is 0 Å². The molecule has 7 nitrogen and oxygen atoms in total. The molecule has 2 aromatic rings. The molecule has 0 fully saturated rings. The number of carbonyl (C=O) groups is 1. The van der Waals surface area contributed by atoms with Crippen molar-refractivity contribution in [1.29, 1.82) is 0 Å². The third-order valence-corrected chi connectivity index (χ3v) is 2.55. The van der Waals surface area contributed by atoms with Gasteiger partial charge in [0.05, 0.1) is 4.92 Å². The predicted molar refractivity (Wildman–Crippen MR) is 72.5 cm³/mol. The number of amides is 1. The lowest BCUT2D eigenvalue weighted by molar-refractivity contribution is -0.385. The zero-order valence-electron chi connectivity index (χ0n) is 10.3. The van der Waals surface area contributed by atoms with Gasteiger partial charge < -0.3 is 16.2 Å². The third kappa shape index (κ3) is 2.83. The molecule has 20 heavy (non-hydrogen) atoms. The summed E-state index contributed by atoms with van der Waals surface area (Å²) in [7, 11) is 0. The van der Waals surface area contributed by atoms with E-state index in [1.54, 1.807) is 24.3 Å². The Morgan fingerprint density at radius 2 is 1.80 bits per heavy atom. The lowest BCUT2D eigenvalue weighted by Crippen LogP contribution is -2.11. The zero-order chi connectivity index (χ0) is 14.7. The molecule has 0 radical (unpaired) electrons. The van der Waals surface area contributed by atoms with Crippen molar-refractivity contribution in [2.75, 3.05) is 5.73 Å². The van der Waals surface area contributed by atoms with Gasteiger partial charge >= 0.3 is 5.69 Å². The number of ether oxygens (including phenoxy) is 1. The molecule has 0 atom stereocenters. The molecule has 0 aliphatic heterocycles. The van der Waals surface area contributed by atoms with Gasteiger partial charge in [-0.1, -0.05) is 0 Å². The van der Waals surface area contributed by atoms with E-state index in [0.29, 0.717) is 11.4 Å². The normalized spacial score (nSPS) is 10.0. The fraction of sp³-hybridized carbons (Fsp3) is 0. The van der Waals surface area contributed by atoms with Crippen LogP contribution in [0, 0.1) is 10.1 Å². The maximum absolute atomic E-state index is 11.1. The Hall–Kier alpha value is -3.09. The average molecular weight is 273 g/mol.